The van der Waals surface area contributed by atoms with Crippen molar-refractivity contribution in [3.8, 4) is 0 Å². The number of methoxy groups -OCH3 is 1. The van der Waals surface area contributed by atoms with Gasteiger partial charge in [-0.2, -0.15) is 11.8 Å². The van der Waals surface area contributed by atoms with Gasteiger partial charge in [-0.1, -0.05) is 6.92 Å². The Morgan fingerprint density at radius 1 is 1.78 bits per heavy atom. The SMILES string of the molecule is CC[C@@H](SC)C(=O)OC. The lowest BCUT2D eigenvalue weighted by atomic mass is 10.3. The Hall–Kier alpha value is -0.180. The highest BCUT2D eigenvalue weighted by molar-refractivity contribution is 7.99. The maximum absolute atomic E-state index is 10.7. The van der Waals surface area contributed by atoms with Crippen molar-refractivity contribution in [2.24, 2.45) is 0 Å². The molecule has 3 heteroatoms. The van der Waals surface area contributed by atoms with Crippen molar-refractivity contribution in [1.29, 1.82) is 0 Å². The molecule has 0 spiro atoms. The zero-order valence-electron chi connectivity index (χ0n) is 6.01. The molecule has 1 atom stereocenters. The van der Waals surface area contributed by atoms with Crippen LogP contribution in [-0.2, 0) is 9.53 Å². The molecule has 2 nitrogen and oxygen atoms in total. The van der Waals surface area contributed by atoms with Crippen LogP contribution >= 0.6 is 11.8 Å². The molecule has 0 radical (unpaired) electrons. The molecule has 54 valence electrons. The van der Waals surface area contributed by atoms with Crippen LogP contribution in [0.25, 0.3) is 0 Å². The molecule has 0 saturated carbocycles. The summed E-state index contributed by atoms with van der Waals surface area (Å²) in [6.07, 6.45) is 2.75. The van der Waals surface area contributed by atoms with E-state index in [9.17, 15) is 4.79 Å². The minimum atomic E-state index is -0.120. The molecule has 0 saturated heterocycles. The minimum absolute atomic E-state index is 0.0231. The van der Waals surface area contributed by atoms with E-state index in [1.807, 2.05) is 13.2 Å². The third-order valence-corrected chi connectivity index (χ3v) is 2.21. The van der Waals surface area contributed by atoms with Crippen LogP contribution in [0.2, 0.25) is 0 Å². The van der Waals surface area contributed by atoms with Crippen LogP contribution in [0.15, 0.2) is 0 Å². The number of rotatable bonds is 3. The van der Waals surface area contributed by atoms with Crippen molar-refractivity contribution >= 4 is 17.7 Å². The van der Waals surface area contributed by atoms with E-state index in [0.29, 0.717) is 0 Å². The van der Waals surface area contributed by atoms with Crippen molar-refractivity contribution in [2.75, 3.05) is 13.4 Å². The lowest BCUT2D eigenvalue weighted by Gasteiger charge is -2.07. The van der Waals surface area contributed by atoms with Crippen LogP contribution in [0.4, 0.5) is 0 Å². The van der Waals surface area contributed by atoms with Crippen LogP contribution in [0.5, 0.6) is 0 Å². The van der Waals surface area contributed by atoms with Gasteiger partial charge in [-0.05, 0) is 12.7 Å². The minimum Gasteiger partial charge on any atom is -0.468 e. The van der Waals surface area contributed by atoms with Gasteiger partial charge in [-0.15, -0.1) is 0 Å². The highest BCUT2D eigenvalue weighted by Gasteiger charge is 2.13. The Labute approximate surface area is 60.0 Å². The Bertz CT molecular complexity index is 89.1. The van der Waals surface area contributed by atoms with Gasteiger partial charge in [0.05, 0.1) is 7.11 Å². The summed E-state index contributed by atoms with van der Waals surface area (Å²) in [6, 6.07) is 0. The van der Waals surface area contributed by atoms with Crippen LogP contribution in [0.1, 0.15) is 13.3 Å². The van der Waals surface area contributed by atoms with E-state index in [4.69, 9.17) is 0 Å². The maximum Gasteiger partial charge on any atom is 0.318 e. The van der Waals surface area contributed by atoms with Crippen LogP contribution < -0.4 is 0 Å². The Morgan fingerprint density at radius 3 is 2.44 bits per heavy atom. The molecular weight excluding hydrogens is 136 g/mol. The molecule has 0 aromatic heterocycles. The van der Waals surface area contributed by atoms with E-state index >= 15 is 0 Å². The van der Waals surface area contributed by atoms with E-state index in [1.165, 1.54) is 18.9 Å². The number of carbonyl (C=O) groups excluding carboxylic acids is 1. The predicted molar refractivity (Wildman–Crippen MR) is 39.6 cm³/mol. The average molecular weight is 148 g/mol. The number of hydrogen-bond acceptors (Lipinski definition) is 3. The Morgan fingerprint density at radius 2 is 2.33 bits per heavy atom. The molecule has 0 aromatic carbocycles. The van der Waals surface area contributed by atoms with Gasteiger partial charge in [0.2, 0.25) is 0 Å². The summed E-state index contributed by atoms with van der Waals surface area (Å²) < 4.78 is 4.53. The number of hydrogen-bond donors (Lipinski definition) is 0. The largest absolute Gasteiger partial charge is 0.468 e. The molecule has 0 aliphatic rings. The first-order chi connectivity index (χ1) is 4.26. The van der Waals surface area contributed by atoms with Crippen LogP contribution in [-0.4, -0.2) is 24.6 Å². The van der Waals surface area contributed by atoms with Crippen LogP contribution in [0, 0.1) is 0 Å². The standard InChI is InChI=1S/C6H12O2S/c1-4-5(9-3)6(7)8-2/h5H,4H2,1-3H3/t5-/m1/s1. The zero-order valence-corrected chi connectivity index (χ0v) is 6.83. The number of esters is 1. The summed E-state index contributed by atoms with van der Waals surface area (Å²) in [6.45, 7) is 1.97. The van der Waals surface area contributed by atoms with E-state index in [2.05, 4.69) is 4.74 Å². The molecule has 9 heavy (non-hydrogen) atoms. The second-order valence-corrected chi connectivity index (χ2v) is 2.70. The van der Waals surface area contributed by atoms with Crippen molar-refractivity contribution in [2.45, 2.75) is 18.6 Å². The predicted octanol–water partition coefficient (Wildman–Crippen LogP) is 1.30. The lowest BCUT2D eigenvalue weighted by Crippen LogP contribution is -2.16. The third-order valence-electron chi connectivity index (χ3n) is 1.12. The smallest absolute Gasteiger partial charge is 0.318 e. The van der Waals surface area contributed by atoms with E-state index in [1.54, 1.807) is 0 Å². The van der Waals surface area contributed by atoms with Gasteiger partial charge in [0.1, 0.15) is 5.25 Å². The summed E-state index contributed by atoms with van der Waals surface area (Å²) in [4.78, 5) is 10.7. The zero-order chi connectivity index (χ0) is 7.28. The number of ether oxygens (including phenoxy) is 1. The van der Waals surface area contributed by atoms with Gasteiger partial charge in [0, 0.05) is 0 Å². The second kappa shape index (κ2) is 4.68. The van der Waals surface area contributed by atoms with Crippen LogP contribution in [0.3, 0.4) is 0 Å². The summed E-state index contributed by atoms with van der Waals surface area (Å²) in [5.74, 6) is -0.120. The summed E-state index contributed by atoms with van der Waals surface area (Å²) >= 11 is 1.53. The molecule has 0 rings (SSSR count). The summed E-state index contributed by atoms with van der Waals surface area (Å²) in [5.41, 5.74) is 0. The average Bonchev–Trinajstić information content (AvgIpc) is 1.90. The molecule has 0 aliphatic carbocycles. The fourth-order valence-corrected chi connectivity index (χ4v) is 1.18. The molecule has 0 aromatic rings. The molecule has 0 unspecified atom stereocenters. The highest BCUT2D eigenvalue weighted by Crippen LogP contribution is 2.10. The summed E-state index contributed by atoms with van der Waals surface area (Å²) in [7, 11) is 1.42. The molecule has 0 aliphatic heterocycles. The Kier molecular flexibility index (Phi) is 4.58. The maximum atomic E-state index is 10.7. The lowest BCUT2D eigenvalue weighted by molar-refractivity contribution is -0.139. The highest BCUT2D eigenvalue weighted by atomic mass is 32.2. The van der Waals surface area contributed by atoms with Gasteiger partial charge in [0.15, 0.2) is 0 Å². The second-order valence-electron chi connectivity index (χ2n) is 1.66. The normalized spacial score (nSPS) is 12.8. The van der Waals surface area contributed by atoms with Crippen molar-refractivity contribution in [3.05, 3.63) is 0 Å². The third kappa shape index (κ3) is 2.75. The number of carbonyl (C=O) groups is 1. The van der Waals surface area contributed by atoms with Gasteiger partial charge in [-0.3, -0.25) is 4.79 Å². The molecule has 0 bridgehead atoms. The van der Waals surface area contributed by atoms with Gasteiger partial charge < -0.3 is 4.74 Å². The van der Waals surface area contributed by atoms with Crippen molar-refractivity contribution < 1.29 is 9.53 Å². The van der Waals surface area contributed by atoms with E-state index < -0.39 is 0 Å². The van der Waals surface area contributed by atoms with Gasteiger partial charge in [0.25, 0.3) is 0 Å². The van der Waals surface area contributed by atoms with E-state index in [-0.39, 0.29) is 11.2 Å². The first-order valence-corrected chi connectivity index (χ1v) is 4.15. The van der Waals surface area contributed by atoms with E-state index in [0.717, 1.165) is 6.42 Å². The monoisotopic (exact) mass is 148 g/mol. The molecule has 0 amide bonds. The summed E-state index contributed by atoms with van der Waals surface area (Å²) in [5, 5.41) is 0.0231. The van der Waals surface area contributed by atoms with Crippen molar-refractivity contribution in [3.63, 3.8) is 0 Å². The van der Waals surface area contributed by atoms with Gasteiger partial charge in [-0.25, -0.2) is 0 Å². The first kappa shape index (κ1) is 8.82. The molecule has 0 N–H and O–H groups in total. The topological polar surface area (TPSA) is 26.3 Å². The fourth-order valence-electron chi connectivity index (χ4n) is 0.561. The van der Waals surface area contributed by atoms with Gasteiger partial charge >= 0.3 is 5.97 Å². The quantitative estimate of drug-likeness (QED) is 0.564. The Balaban J connectivity index is 3.64. The first-order valence-electron chi connectivity index (χ1n) is 2.86. The molecular formula is C6H12O2S. The fraction of sp³-hybridized carbons (Fsp3) is 0.833. The molecule has 0 fully saturated rings. The molecule has 0 heterocycles. The number of thioether (sulfide) groups is 1. The van der Waals surface area contributed by atoms with Crippen molar-refractivity contribution in [1.82, 2.24) is 0 Å².